The molecular formula is C12H13F2NO3. The maximum Gasteiger partial charge on any atom is 0.329 e. The normalized spacial score (nSPS) is 13.8. The van der Waals surface area contributed by atoms with E-state index in [4.69, 9.17) is 5.11 Å². The molecule has 0 fully saturated rings. The summed E-state index contributed by atoms with van der Waals surface area (Å²) < 4.78 is 26.3. The van der Waals surface area contributed by atoms with Crippen LogP contribution in [0, 0.1) is 11.6 Å². The molecule has 98 valence electrons. The van der Waals surface area contributed by atoms with Gasteiger partial charge in [-0.15, -0.1) is 0 Å². The van der Waals surface area contributed by atoms with Crippen molar-refractivity contribution >= 4 is 11.9 Å². The number of carbonyl (C=O) groups is 2. The second-order valence-corrected chi connectivity index (χ2v) is 4.05. The highest BCUT2D eigenvalue weighted by Gasteiger charge is 2.33. The molecule has 0 heterocycles. The number of carboxylic acid groups (broad SMARTS) is 1. The van der Waals surface area contributed by atoms with Crippen molar-refractivity contribution < 1.29 is 23.5 Å². The molecule has 2 N–H and O–H groups in total. The van der Waals surface area contributed by atoms with Crippen molar-refractivity contribution in [3.8, 4) is 0 Å². The highest BCUT2D eigenvalue weighted by atomic mass is 19.2. The maximum atomic E-state index is 13.3. The minimum Gasteiger partial charge on any atom is -0.480 e. The monoisotopic (exact) mass is 257 g/mol. The Kier molecular flexibility index (Phi) is 4.00. The fraction of sp³-hybridized carbons (Fsp3) is 0.333. The first kappa shape index (κ1) is 14.1. The summed E-state index contributed by atoms with van der Waals surface area (Å²) in [4.78, 5) is 22.7. The van der Waals surface area contributed by atoms with Gasteiger partial charge in [0.1, 0.15) is 5.54 Å². The molecule has 1 rings (SSSR count). The summed E-state index contributed by atoms with van der Waals surface area (Å²) in [5.74, 6) is -4.65. The molecule has 0 aromatic heterocycles. The lowest BCUT2D eigenvalue weighted by molar-refractivity contribution is -0.143. The van der Waals surface area contributed by atoms with Crippen molar-refractivity contribution in [2.75, 3.05) is 0 Å². The van der Waals surface area contributed by atoms with Crippen molar-refractivity contribution in [2.45, 2.75) is 25.8 Å². The quantitative estimate of drug-likeness (QED) is 0.866. The third kappa shape index (κ3) is 2.64. The minimum atomic E-state index is -1.52. The Morgan fingerprint density at radius 2 is 2.00 bits per heavy atom. The number of rotatable bonds is 4. The Morgan fingerprint density at radius 1 is 1.39 bits per heavy atom. The third-order valence-electron chi connectivity index (χ3n) is 2.76. The second kappa shape index (κ2) is 5.12. The molecule has 0 spiro atoms. The lowest BCUT2D eigenvalue weighted by Crippen LogP contribution is -2.51. The van der Waals surface area contributed by atoms with Crippen molar-refractivity contribution in [1.82, 2.24) is 5.32 Å². The summed E-state index contributed by atoms with van der Waals surface area (Å²) in [6.07, 6.45) is 0.116. The first-order valence-corrected chi connectivity index (χ1v) is 5.31. The van der Waals surface area contributed by atoms with E-state index in [-0.39, 0.29) is 6.42 Å². The molecule has 1 amide bonds. The number of benzene rings is 1. The van der Waals surface area contributed by atoms with Gasteiger partial charge in [0.25, 0.3) is 5.91 Å². The second-order valence-electron chi connectivity index (χ2n) is 4.05. The standard InChI is InChI=1S/C12H13F2NO3/c1-3-12(2,11(17)18)15-10(16)7-5-4-6-8(13)9(7)14/h4-6H,3H2,1-2H3,(H,15,16)(H,17,18). The van der Waals surface area contributed by atoms with E-state index >= 15 is 0 Å². The molecule has 4 nitrogen and oxygen atoms in total. The van der Waals surface area contributed by atoms with E-state index in [0.29, 0.717) is 0 Å². The first-order valence-electron chi connectivity index (χ1n) is 5.31. The maximum absolute atomic E-state index is 13.3. The minimum absolute atomic E-state index is 0.116. The van der Waals surface area contributed by atoms with E-state index in [1.807, 2.05) is 0 Å². The summed E-state index contributed by atoms with van der Waals surface area (Å²) in [6.45, 7) is 2.86. The molecule has 0 aliphatic heterocycles. The molecule has 0 saturated heterocycles. The Morgan fingerprint density at radius 3 is 2.50 bits per heavy atom. The predicted molar refractivity (Wildman–Crippen MR) is 60.2 cm³/mol. The van der Waals surface area contributed by atoms with Gasteiger partial charge in [-0.2, -0.15) is 0 Å². The molecule has 0 radical (unpaired) electrons. The number of nitrogens with one attached hydrogen (secondary N) is 1. The number of aliphatic carboxylic acids is 1. The Balaban J connectivity index is 3.02. The van der Waals surface area contributed by atoms with E-state index in [0.717, 1.165) is 12.1 Å². The van der Waals surface area contributed by atoms with Gasteiger partial charge in [-0.3, -0.25) is 4.79 Å². The van der Waals surface area contributed by atoms with Crippen LogP contribution in [0.25, 0.3) is 0 Å². The van der Waals surface area contributed by atoms with E-state index in [9.17, 15) is 18.4 Å². The molecule has 1 aromatic rings. The van der Waals surface area contributed by atoms with Crippen LogP contribution in [0.1, 0.15) is 30.6 Å². The van der Waals surface area contributed by atoms with Gasteiger partial charge in [-0.05, 0) is 25.5 Å². The van der Waals surface area contributed by atoms with E-state index < -0.39 is 34.6 Å². The Bertz CT molecular complexity index is 490. The summed E-state index contributed by atoms with van der Waals surface area (Å²) >= 11 is 0. The number of carbonyl (C=O) groups excluding carboxylic acids is 1. The van der Waals surface area contributed by atoms with Gasteiger partial charge < -0.3 is 10.4 Å². The van der Waals surface area contributed by atoms with Crippen LogP contribution in [0.15, 0.2) is 18.2 Å². The van der Waals surface area contributed by atoms with Gasteiger partial charge in [-0.25, -0.2) is 13.6 Å². The summed E-state index contributed by atoms with van der Waals surface area (Å²) in [5, 5.41) is 11.2. The first-order chi connectivity index (χ1) is 8.31. The zero-order valence-electron chi connectivity index (χ0n) is 9.96. The molecule has 0 aliphatic rings. The fourth-order valence-corrected chi connectivity index (χ4v) is 1.29. The van der Waals surface area contributed by atoms with Crippen LogP contribution in [-0.4, -0.2) is 22.5 Å². The Hall–Kier alpha value is -1.98. The van der Waals surface area contributed by atoms with Crippen molar-refractivity contribution in [2.24, 2.45) is 0 Å². The molecule has 18 heavy (non-hydrogen) atoms. The zero-order chi connectivity index (χ0) is 13.9. The van der Waals surface area contributed by atoms with Gasteiger partial charge in [0.05, 0.1) is 5.56 Å². The van der Waals surface area contributed by atoms with Crippen LogP contribution < -0.4 is 5.32 Å². The van der Waals surface area contributed by atoms with Crippen LogP contribution in [0.3, 0.4) is 0 Å². The molecule has 0 saturated carbocycles. The summed E-state index contributed by atoms with van der Waals surface area (Å²) in [7, 11) is 0. The average Bonchev–Trinajstić information content (AvgIpc) is 2.32. The van der Waals surface area contributed by atoms with Crippen molar-refractivity contribution in [3.63, 3.8) is 0 Å². The van der Waals surface area contributed by atoms with Crippen molar-refractivity contribution in [3.05, 3.63) is 35.4 Å². The fourth-order valence-electron chi connectivity index (χ4n) is 1.29. The number of halogens is 2. The molecule has 1 atom stereocenters. The predicted octanol–water partition coefficient (Wildman–Crippen LogP) is 1.95. The molecule has 1 unspecified atom stereocenters. The van der Waals surface area contributed by atoms with Crippen LogP contribution in [0.5, 0.6) is 0 Å². The van der Waals surface area contributed by atoms with Crippen LogP contribution >= 0.6 is 0 Å². The van der Waals surface area contributed by atoms with Gasteiger partial charge in [0.15, 0.2) is 11.6 Å². The number of hydrogen-bond acceptors (Lipinski definition) is 2. The van der Waals surface area contributed by atoms with Crippen LogP contribution in [-0.2, 0) is 4.79 Å². The van der Waals surface area contributed by atoms with Crippen LogP contribution in [0.2, 0.25) is 0 Å². The number of carboxylic acids is 1. The Labute approximate surface area is 103 Å². The van der Waals surface area contributed by atoms with Gasteiger partial charge >= 0.3 is 5.97 Å². The largest absolute Gasteiger partial charge is 0.480 e. The summed E-state index contributed by atoms with van der Waals surface area (Å²) in [5.41, 5.74) is -2.04. The lowest BCUT2D eigenvalue weighted by atomic mass is 9.98. The molecule has 1 aromatic carbocycles. The number of hydrogen-bond donors (Lipinski definition) is 2. The van der Waals surface area contributed by atoms with E-state index in [1.165, 1.54) is 13.0 Å². The molecule has 0 bridgehead atoms. The van der Waals surface area contributed by atoms with E-state index in [2.05, 4.69) is 5.32 Å². The highest BCUT2D eigenvalue weighted by molar-refractivity contribution is 5.97. The van der Waals surface area contributed by atoms with Gasteiger partial charge in [0.2, 0.25) is 0 Å². The zero-order valence-corrected chi connectivity index (χ0v) is 9.96. The smallest absolute Gasteiger partial charge is 0.329 e. The van der Waals surface area contributed by atoms with E-state index in [1.54, 1.807) is 6.92 Å². The van der Waals surface area contributed by atoms with Gasteiger partial charge in [0, 0.05) is 0 Å². The SMILES string of the molecule is CCC(C)(NC(=O)c1cccc(F)c1F)C(=O)O. The average molecular weight is 257 g/mol. The molecule has 6 heteroatoms. The number of amides is 1. The third-order valence-corrected chi connectivity index (χ3v) is 2.76. The molecule has 0 aliphatic carbocycles. The van der Waals surface area contributed by atoms with Crippen molar-refractivity contribution in [1.29, 1.82) is 0 Å². The highest BCUT2D eigenvalue weighted by Crippen LogP contribution is 2.15. The van der Waals surface area contributed by atoms with Crippen LogP contribution in [0.4, 0.5) is 8.78 Å². The molecular weight excluding hydrogens is 244 g/mol. The topological polar surface area (TPSA) is 66.4 Å². The lowest BCUT2D eigenvalue weighted by Gasteiger charge is -2.24. The summed E-state index contributed by atoms with van der Waals surface area (Å²) in [6, 6.07) is 3.14. The van der Waals surface area contributed by atoms with Gasteiger partial charge in [-0.1, -0.05) is 13.0 Å².